The number of ether oxygens (including phenoxy) is 1. The molecule has 0 fully saturated rings. The third kappa shape index (κ3) is 4.33. The number of hydrazine groups is 1. The molecule has 0 aliphatic carbocycles. The maximum Gasteiger partial charge on any atom is 0.409 e. The Labute approximate surface area is 162 Å². The number of aromatic nitrogens is 2. The first-order valence-electron chi connectivity index (χ1n) is 7.94. The van der Waals surface area contributed by atoms with Crippen LogP contribution in [0.25, 0.3) is 0 Å². The van der Waals surface area contributed by atoms with Gasteiger partial charge >= 0.3 is 6.18 Å². The van der Waals surface area contributed by atoms with Crippen LogP contribution in [0, 0.1) is 6.92 Å². The van der Waals surface area contributed by atoms with E-state index in [9.17, 15) is 13.2 Å². The van der Waals surface area contributed by atoms with Crippen LogP contribution >= 0.6 is 15.9 Å². The molecule has 144 valence electrons. The van der Waals surface area contributed by atoms with Gasteiger partial charge in [-0.15, -0.1) is 0 Å². The molecular formula is C17H17BrF3N5O. The van der Waals surface area contributed by atoms with E-state index in [1.54, 1.807) is 20.1 Å². The summed E-state index contributed by atoms with van der Waals surface area (Å²) in [6.45, 7) is 3.49. The molecule has 1 aliphatic heterocycles. The standard InChI is InChI=1S/C17H17BrF3N5O/c1-9-4-11(7-12(5-9)27-3)23-16-22-8-13(18)15(24-16)26-10(2)6-14(25-26)17(19,20)21/h4-8,14,25H,1-3H3,(H,22,23,24). The molecule has 27 heavy (non-hydrogen) atoms. The largest absolute Gasteiger partial charge is 0.497 e. The van der Waals surface area contributed by atoms with Crippen molar-refractivity contribution in [1.82, 2.24) is 15.4 Å². The van der Waals surface area contributed by atoms with Crippen molar-refractivity contribution in [2.75, 3.05) is 17.4 Å². The number of halogens is 4. The lowest BCUT2D eigenvalue weighted by atomic mass is 10.2. The fourth-order valence-corrected chi connectivity index (χ4v) is 3.00. The van der Waals surface area contributed by atoms with Gasteiger partial charge in [-0.05, 0) is 53.5 Å². The van der Waals surface area contributed by atoms with Crippen molar-refractivity contribution in [2.24, 2.45) is 0 Å². The summed E-state index contributed by atoms with van der Waals surface area (Å²) >= 11 is 3.30. The van der Waals surface area contributed by atoms with E-state index in [0.717, 1.165) is 11.6 Å². The van der Waals surface area contributed by atoms with Gasteiger partial charge < -0.3 is 10.1 Å². The van der Waals surface area contributed by atoms with E-state index in [1.807, 2.05) is 19.1 Å². The number of alkyl halides is 3. The van der Waals surface area contributed by atoms with E-state index in [0.29, 0.717) is 21.6 Å². The maximum absolute atomic E-state index is 13.0. The zero-order valence-corrected chi connectivity index (χ0v) is 16.3. The number of rotatable bonds is 4. The van der Waals surface area contributed by atoms with Gasteiger partial charge in [0, 0.05) is 23.6 Å². The molecule has 1 atom stereocenters. The molecule has 1 aromatic carbocycles. The summed E-state index contributed by atoms with van der Waals surface area (Å²) in [5.41, 5.74) is 4.47. The number of nitrogens with zero attached hydrogens (tertiary/aromatic N) is 3. The first-order chi connectivity index (χ1) is 12.7. The van der Waals surface area contributed by atoms with Gasteiger partial charge in [-0.2, -0.15) is 18.2 Å². The fourth-order valence-electron chi connectivity index (χ4n) is 2.63. The van der Waals surface area contributed by atoms with Gasteiger partial charge in [0.25, 0.3) is 0 Å². The van der Waals surface area contributed by atoms with E-state index in [1.165, 1.54) is 11.2 Å². The van der Waals surface area contributed by atoms with Gasteiger partial charge in [-0.25, -0.2) is 10.4 Å². The quantitative estimate of drug-likeness (QED) is 0.727. The van der Waals surface area contributed by atoms with Crippen LogP contribution in [0.5, 0.6) is 5.75 Å². The molecule has 0 saturated heterocycles. The lowest BCUT2D eigenvalue weighted by Crippen LogP contribution is -2.45. The predicted octanol–water partition coefficient (Wildman–Crippen LogP) is 4.46. The van der Waals surface area contributed by atoms with Crippen LogP contribution in [0.4, 0.5) is 30.6 Å². The summed E-state index contributed by atoms with van der Waals surface area (Å²) in [6.07, 6.45) is -1.81. The highest BCUT2D eigenvalue weighted by molar-refractivity contribution is 9.10. The summed E-state index contributed by atoms with van der Waals surface area (Å²) < 4.78 is 44.7. The van der Waals surface area contributed by atoms with Crippen molar-refractivity contribution in [2.45, 2.75) is 26.1 Å². The second-order valence-corrected chi connectivity index (χ2v) is 6.88. The minimum atomic E-state index is -4.39. The van der Waals surface area contributed by atoms with Gasteiger partial charge in [0.15, 0.2) is 5.82 Å². The number of nitrogens with one attached hydrogen (secondary N) is 2. The minimum absolute atomic E-state index is 0.242. The van der Waals surface area contributed by atoms with Gasteiger partial charge in [0.2, 0.25) is 5.95 Å². The molecule has 2 aromatic rings. The third-order valence-electron chi connectivity index (χ3n) is 3.86. The second kappa shape index (κ2) is 7.35. The summed E-state index contributed by atoms with van der Waals surface area (Å²) in [5, 5.41) is 4.33. The maximum atomic E-state index is 13.0. The van der Waals surface area contributed by atoms with Crippen LogP contribution in [-0.2, 0) is 0 Å². The monoisotopic (exact) mass is 443 g/mol. The van der Waals surface area contributed by atoms with Crippen molar-refractivity contribution in [3.8, 4) is 5.75 Å². The molecule has 1 unspecified atom stereocenters. The average molecular weight is 444 g/mol. The number of anilines is 3. The Bertz CT molecular complexity index is 887. The normalized spacial score (nSPS) is 17.1. The minimum Gasteiger partial charge on any atom is -0.497 e. The number of hydrogen-bond acceptors (Lipinski definition) is 6. The molecule has 2 heterocycles. The van der Waals surface area contributed by atoms with Crippen LogP contribution in [0.15, 0.2) is 40.6 Å². The van der Waals surface area contributed by atoms with Gasteiger partial charge in [-0.3, -0.25) is 5.01 Å². The summed E-state index contributed by atoms with van der Waals surface area (Å²) in [4.78, 5) is 8.52. The van der Waals surface area contributed by atoms with Gasteiger partial charge in [0.1, 0.15) is 11.8 Å². The molecular weight excluding hydrogens is 427 g/mol. The van der Waals surface area contributed by atoms with E-state index in [-0.39, 0.29) is 11.8 Å². The summed E-state index contributed by atoms with van der Waals surface area (Å²) in [6, 6.07) is 3.76. The first-order valence-corrected chi connectivity index (χ1v) is 8.73. The van der Waals surface area contributed by atoms with E-state index < -0.39 is 12.2 Å². The van der Waals surface area contributed by atoms with E-state index >= 15 is 0 Å². The molecule has 3 rings (SSSR count). The number of allylic oxidation sites excluding steroid dienone is 1. The molecule has 0 amide bonds. The summed E-state index contributed by atoms with van der Waals surface area (Å²) in [7, 11) is 1.57. The molecule has 6 nitrogen and oxygen atoms in total. The average Bonchev–Trinajstić information content (AvgIpc) is 2.98. The Morgan fingerprint density at radius 3 is 2.63 bits per heavy atom. The zero-order chi connectivity index (χ0) is 19.8. The molecule has 1 aromatic heterocycles. The SMILES string of the molecule is COc1cc(C)cc(Nc2ncc(Br)c(N3NC(C(F)(F)F)C=C3C)n2)c1. The van der Waals surface area contributed by atoms with Crippen molar-refractivity contribution in [1.29, 1.82) is 0 Å². The second-order valence-electron chi connectivity index (χ2n) is 6.02. The molecule has 2 N–H and O–H groups in total. The lowest BCUT2D eigenvalue weighted by molar-refractivity contribution is -0.142. The lowest BCUT2D eigenvalue weighted by Gasteiger charge is -2.23. The van der Waals surface area contributed by atoms with Crippen LogP contribution in [-0.4, -0.2) is 29.3 Å². The topological polar surface area (TPSA) is 62.3 Å². The number of benzene rings is 1. The molecule has 0 radical (unpaired) electrons. The number of aryl methyl sites for hydroxylation is 1. The van der Waals surface area contributed by atoms with Gasteiger partial charge in [0.05, 0.1) is 11.6 Å². The Morgan fingerprint density at radius 2 is 2.00 bits per heavy atom. The van der Waals surface area contributed by atoms with Crippen LogP contribution < -0.4 is 20.5 Å². The predicted molar refractivity (Wildman–Crippen MR) is 100.0 cm³/mol. The van der Waals surface area contributed by atoms with Crippen molar-refractivity contribution in [3.63, 3.8) is 0 Å². The van der Waals surface area contributed by atoms with Crippen molar-refractivity contribution in [3.05, 3.63) is 46.2 Å². The van der Waals surface area contributed by atoms with Crippen LogP contribution in [0.2, 0.25) is 0 Å². The zero-order valence-electron chi connectivity index (χ0n) is 14.7. The molecule has 0 spiro atoms. The van der Waals surface area contributed by atoms with E-state index in [4.69, 9.17) is 4.74 Å². The molecule has 1 aliphatic rings. The number of methoxy groups -OCH3 is 1. The molecule has 10 heteroatoms. The Hall–Kier alpha value is -2.33. The van der Waals surface area contributed by atoms with Crippen LogP contribution in [0.1, 0.15) is 12.5 Å². The fraction of sp³-hybridized carbons (Fsp3) is 0.294. The Balaban J connectivity index is 1.88. The summed E-state index contributed by atoms with van der Waals surface area (Å²) in [5.74, 6) is 1.18. The molecule has 0 bridgehead atoms. The van der Waals surface area contributed by atoms with Crippen molar-refractivity contribution < 1.29 is 17.9 Å². The smallest absolute Gasteiger partial charge is 0.409 e. The highest BCUT2D eigenvalue weighted by Crippen LogP contribution is 2.33. The highest BCUT2D eigenvalue weighted by Gasteiger charge is 2.43. The highest BCUT2D eigenvalue weighted by atomic mass is 79.9. The molecule has 0 saturated carbocycles. The van der Waals surface area contributed by atoms with Crippen LogP contribution in [0.3, 0.4) is 0 Å². The van der Waals surface area contributed by atoms with Crippen molar-refractivity contribution >= 4 is 33.4 Å². The van der Waals surface area contributed by atoms with Gasteiger partial charge in [-0.1, -0.05) is 0 Å². The Kier molecular flexibility index (Phi) is 5.29. The third-order valence-corrected chi connectivity index (χ3v) is 4.42. The van der Waals surface area contributed by atoms with E-state index in [2.05, 4.69) is 36.6 Å². The number of hydrogen-bond donors (Lipinski definition) is 2. The Morgan fingerprint density at radius 1 is 1.26 bits per heavy atom. The first kappa shape index (κ1) is 19.4.